The van der Waals surface area contributed by atoms with E-state index >= 15 is 0 Å². The molecule has 26 heavy (non-hydrogen) atoms. The maximum Gasteiger partial charge on any atom is 0.280 e. The van der Waals surface area contributed by atoms with E-state index in [1.807, 2.05) is 0 Å². The minimum Gasteiger partial charge on any atom is -0.486 e. The summed E-state index contributed by atoms with van der Waals surface area (Å²) < 4.78 is 25.3. The van der Waals surface area contributed by atoms with Crippen molar-refractivity contribution in [2.45, 2.75) is 0 Å². The Morgan fingerprint density at radius 1 is 1.12 bits per heavy atom. The van der Waals surface area contributed by atoms with Crippen LogP contribution in [0.2, 0.25) is 0 Å². The third-order valence-corrected chi connectivity index (χ3v) is 3.79. The molecule has 1 aromatic heterocycles. The Bertz CT molecular complexity index is 971. The highest BCUT2D eigenvalue weighted by Gasteiger charge is 2.20. The van der Waals surface area contributed by atoms with Crippen LogP contribution in [0.5, 0.6) is 11.5 Å². The van der Waals surface area contributed by atoms with Crippen LogP contribution >= 0.6 is 0 Å². The molecule has 4 rings (SSSR count). The topological polar surface area (TPSA) is 104 Å². The minimum atomic E-state index is -0.544. The van der Waals surface area contributed by atoms with E-state index in [4.69, 9.17) is 15.2 Å². The van der Waals surface area contributed by atoms with Gasteiger partial charge in [0.25, 0.3) is 5.91 Å². The van der Waals surface area contributed by atoms with Crippen molar-refractivity contribution < 1.29 is 18.7 Å². The number of nitrogen functional groups attached to an aromatic ring is 1. The third kappa shape index (κ3) is 2.90. The van der Waals surface area contributed by atoms with Crippen molar-refractivity contribution in [3.8, 4) is 17.2 Å². The Kier molecular flexibility index (Phi) is 3.88. The average molecular weight is 355 g/mol. The van der Waals surface area contributed by atoms with Crippen molar-refractivity contribution >= 4 is 17.4 Å². The highest BCUT2D eigenvalue weighted by molar-refractivity contribution is 6.05. The van der Waals surface area contributed by atoms with E-state index in [1.54, 1.807) is 18.2 Å². The van der Waals surface area contributed by atoms with Crippen molar-refractivity contribution in [2.24, 2.45) is 0 Å². The minimum absolute atomic E-state index is 0.0378. The van der Waals surface area contributed by atoms with E-state index < -0.39 is 11.7 Å². The lowest BCUT2D eigenvalue weighted by Gasteiger charge is -2.18. The number of carbonyl (C=O) groups is 1. The molecule has 0 bridgehead atoms. The quantitative estimate of drug-likeness (QED) is 0.745. The number of nitrogens with one attached hydrogen (secondary N) is 1. The first-order valence-corrected chi connectivity index (χ1v) is 7.80. The summed E-state index contributed by atoms with van der Waals surface area (Å²) in [6, 6.07) is 10.5. The molecule has 3 N–H and O–H groups in total. The number of halogens is 1. The van der Waals surface area contributed by atoms with Crippen LogP contribution in [0.1, 0.15) is 10.5 Å². The first-order chi connectivity index (χ1) is 12.6. The first kappa shape index (κ1) is 15.9. The molecular weight excluding hydrogens is 341 g/mol. The number of anilines is 2. The van der Waals surface area contributed by atoms with Crippen molar-refractivity contribution in [1.29, 1.82) is 0 Å². The van der Waals surface area contributed by atoms with Gasteiger partial charge < -0.3 is 20.5 Å². The molecule has 0 aliphatic carbocycles. The van der Waals surface area contributed by atoms with Crippen LogP contribution in [-0.4, -0.2) is 34.1 Å². The number of rotatable bonds is 3. The van der Waals surface area contributed by atoms with Gasteiger partial charge in [-0.15, -0.1) is 5.10 Å². The van der Waals surface area contributed by atoms with Crippen LogP contribution in [0.15, 0.2) is 42.5 Å². The normalized spacial score (nSPS) is 12.7. The molecule has 0 unspecified atom stereocenters. The van der Waals surface area contributed by atoms with E-state index in [2.05, 4.69) is 15.6 Å². The predicted molar refractivity (Wildman–Crippen MR) is 91.1 cm³/mol. The molecule has 2 aromatic carbocycles. The molecule has 8 nitrogen and oxygen atoms in total. The van der Waals surface area contributed by atoms with Crippen molar-refractivity contribution in [1.82, 2.24) is 15.0 Å². The van der Waals surface area contributed by atoms with Gasteiger partial charge in [0, 0.05) is 11.8 Å². The number of hydrogen-bond acceptors (Lipinski definition) is 6. The second kappa shape index (κ2) is 6.36. The monoisotopic (exact) mass is 355 g/mol. The summed E-state index contributed by atoms with van der Waals surface area (Å²) in [5, 5.41) is 10.4. The van der Waals surface area contributed by atoms with Gasteiger partial charge in [-0.05, 0) is 36.4 Å². The van der Waals surface area contributed by atoms with Crippen molar-refractivity contribution in [3.63, 3.8) is 0 Å². The number of nitrogens with two attached hydrogens (primary N) is 1. The Labute approximate surface area is 147 Å². The summed E-state index contributed by atoms with van der Waals surface area (Å²) in [7, 11) is 0. The summed E-state index contributed by atoms with van der Waals surface area (Å²) in [5.41, 5.74) is 7.00. The number of fused-ring (bicyclic) bond motifs is 1. The van der Waals surface area contributed by atoms with Gasteiger partial charge in [-0.3, -0.25) is 4.79 Å². The number of amides is 1. The Balaban J connectivity index is 1.59. The van der Waals surface area contributed by atoms with Gasteiger partial charge in [0.2, 0.25) is 0 Å². The number of carbonyl (C=O) groups excluding carboxylic acids is 1. The van der Waals surface area contributed by atoms with Gasteiger partial charge in [-0.2, -0.15) is 4.68 Å². The number of aromatic nitrogens is 3. The molecule has 9 heteroatoms. The zero-order valence-corrected chi connectivity index (χ0v) is 13.5. The lowest BCUT2D eigenvalue weighted by Crippen LogP contribution is -2.16. The second-order valence-corrected chi connectivity index (χ2v) is 5.52. The summed E-state index contributed by atoms with van der Waals surface area (Å²) in [4.78, 5) is 12.4. The molecule has 0 fully saturated rings. The molecule has 0 saturated heterocycles. The first-order valence-electron chi connectivity index (χ1n) is 7.80. The Morgan fingerprint density at radius 2 is 1.85 bits per heavy atom. The number of nitrogens with zero attached hydrogens (tertiary/aromatic N) is 3. The van der Waals surface area contributed by atoms with Gasteiger partial charge in [0.1, 0.15) is 19.0 Å². The summed E-state index contributed by atoms with van der Waals surface area (Å²) in [5.74, 6) is 0.334. The van der Waals surface area contributed by atoms with E-state index in [9.17, 15) is 9.18 Å². The van der Waals surface area contributed by atoms with Gasteiger partial charge in [-0.1, -0.05) is 5.21 Å². The van der Waals surface area contributed by atoms with Crippen LogP contribution in [0.4, 0.5) is 15.9 Å². The fourth-order valence-electron chi connectivity index (χ4n) is 2.53. The molecule has 3 aromatic rings. The fraction of sp³-hybridized carbons (Fsp3) is 0.118. The van der Waals surface area contributed by atoms with Crippen molar-refractivity contribution in [2.75, 3.05) is 24.3 Å². The predicted octanol–water partition coefficient (Wildman–Crippen LogP) is 2.01. The Morgan fingerprint density at radius 3 is 2.62 bits per heavy atom. The summed E-state index contributed by atoms with van der Waals surface area (Å²) >= 11 is 0. The highest BCUT2D eigenvalue weighted by Crippen LogP contribution is 2.32. The van der Waals surface area contributed by atoms with Gasteiger partial charge in [0.15, 0.2) is 23.0 Å². The molecule has 0 radical (unpaired) electrons. The number of hydrogen-bond donors (Lipinski definition) is 2. The van der Waals surface area contributed by atoms with Crippen LogP contribution < -0.4 is 20.5 Å². The lowest BCUT2D eigenvalue weighted by atomic mass is 10.2. The van der Waals surface area contributed by atoms with Gasteiger partial charge >= 0.3 is 0 Å². The Hall–Kier alpha value is -3.62. The van der Waals surface area contributed by atoms with Crippen LogP contribution in [-0.2, 0) is 0 Å². The number of ether oxygens (including phenoxy) is 2. The maximum absolute atomic E-state index is 12.9. The standard InChI is InChI=1S/C17H14FN5O3/c18-10-1-3-11(4-2-10)20-17(24)15-16(19)23(22-21-15)12-5-6-13-14(9-12)26-8-7-25-13/h1-6,9H,7-8,19H2,(H,20,24). The van der Waals surface area contributed by atoms with Gasteiger partial charge in [-0.25, -0.2) is 4.39 Å². The molecule has 2 heterocycles. The maximum atomic E-state index is 12.9. The van der Waals surface area contributed by atoms with Crippen LogP contribution in [0.25, 0.3) is 5.69 Å². The summed E-state index contributed by atoms with van der Waals surface area (Å²) in [6.45, 7) is 0.945. The number of benzene rings is 2. The SMILES string of the molecule is Nc1c(C(=O)Nc2ccc(F)cc2)nnn1-c1ccc2c(c1)OCCO2. The largest absolute Gasteiger partial charge is 0.486 e. The molecule has 1 amide bonds. The van der Waals surface area contributed by atoms with Crippen LogP contribution in [0.3, 0.4) is 0 Å². The lowest BCUT2D eigenvalue weighted by molar-refractivity contribution is 0.102. The molecule has 1 aliphatic rings. The summed E-state index contributed by atoms with van der Waals surface area (Å²) in [6.07, 6.45) is 0. The fourth-order valence-corrected chi connectivity index (χ4v) is 2.53. The molecule has 0 atom stereocenters. The van der Waals surface area contributed by atoms with E-state index in [1.165, 1.54) is 28.9 Å². The molecule has 0 saturated carbocycles. The zero-order chi connectivity index (χ0) is 18.1. The zero-order valence-electron chi connectivity index (χ0n) is 13.5. The molecule has 1 aliphatic heterocycles. The highest BCUT2D eigenvalue weighted by atomic mass is 19.1. The van der Waals surface area contributed by atoms with E-state index in [0.717, 1.165) is 0 Å². The van der Waals surface area contributed by atoms with E-state index in [0.29, 0.717) is 36.1 Å². The van der Waals surface area contributed by atoms with E-state index in [-0.39, 0.29) is 11.5 Å². The smallest absolute Gasteiger partial charge is 0.280 e. The average Bonchev–Trinajstić information content (AvgIpc) is 3.05. The molecule has 132 valence electrons. The van der Waals surface area contributed by atoms with Crippen molar-refractivity contribution in [3.05, 3.63) is 54.0 Å². The third-order valence-electron chi connectivity index (χ3n) is 3.79. The van der Waals surface area contributed by atoms with Gasteiger partial charge in [0.05, 0.1) is 5.69 Å². The molecule has 0 spiro atoms. The molecular formula is C17H14FN5O3. The second-order valence-electron chi connectivity index (χ2n) is 5.52. The van der Waals surface area contributed by atoms with Crippen LogP contribution in [0, 0.1) is 5.82 Å².